The predicted molar refractivity (Wildman–Crippen MR) is 118 cm³/mol. The third-order valence-corrected chi connectivity index (χ3v) is 4.89. The Balaban J connectivity index is 0.00000338. The Morgan fingerprint density at radius 2 is 1.92 bits per heavy atom. The average molecular weight is 476 g/mol. The van der Waals surface area contributed by atoms with Crippen molar-refractivity contribution in [3.8, 4) is 11.5 Å². The fraction of sp³-hybridized carbons (Fsp3) is 0.632. The number of aliphatic imine (C=N–C) groups is 1. The summed E-state index contributed by atoms with van der Waals surface area (Å²) >= 11 is 0. The van der Waals surface area contributed by atoms with Gasteiger partial charge in [0.05, 0.1) is 20.8 Å². The van der Waals surface area contributed by atoms with Crippen LogP contribution < -0.4 is 20.5 Å². The highest BCUT2D eigenvalue weighted by atomic mass is 127. The predicted octanol–water partition coefficient (Wildman–Crippen LogP) is 2.85. The highest BCUT2D eigenvalue weighted by Crippen LogP contribution is 2.27. The molecule has 0 aliphatic carbocycles. The number of likely N-dealkylation sites (tertiary alicyclic amines) is 1. The van der Waals surface area contributed by atoms with Gasteiger partial charge in [-0.05, 0) is 62.5 Å². The van der Waals surface area contributed by atoms with Crippen LogP contribution in [-0.4, -0.2) is 51.3 Å². The first-order valence-electron chi connectivity index (χ1n) is 9.13. The molecular weight excluding hydrogens is 443 g/mol. The van der Waals surface area contributed by atoms with E-state index in [1.54, 1.807) is 14.2 Å². The number of hydrogen-bond donors (Lipinski definition) is 2. The van der Waals surface area contributed by atoms with E-state index in [0.29, 0.717) is 18.3 Å². The lowest BCUT2D eigenvalue weighted by molar-refractivity contribution is 0.187. The van der Waals surface area contributed by atoms with Gasteiger partial charge in [0.2, 0.25) is 0 Å². The molecule has 0 spiro atoms. The smallest absolute Gasteiger partial charge is 0.188 e. The van der Waals surface area contributed by atoms with Crippen LogP contribution in [0.4, 0.5) is 0 Å². The molecule has 1 heterocycles. The van der Waals surface area contributed by atoms with Gasteiger partial charge in [-0.15, -0.1) is 24.0 Å². The van der Waals surface area contributed by atoms with Gasteiger partial charge in [-0.1, -0.05) is 13.0 Å². The molecule has 1 aliphatic rings. The lowest BCUT2D eigenvalue weighted by Crippen LogP contribution is -2.36. The standard InChI is InChI=1S/C19H32N4O2.HI/c1-4-23-11-8-15(9-12-23)7-10-21-19(20)22-14-16-5-6-17(24-2)18(13-16)25-3;/h5-6,13,15H,4,7-12,14H2,1-3H3,(H3,20,21,22);1H. The second-order valence-electron chi connectivity index (χ2n) is 6.48. The zero-order valence-corrected chi connectivity index (χ0v) is 18.5. The van der Waals surface area contributed by atoms with Gasteiger partial charge in [-0.3, -0.25) is 0 Å². The van der Waals surface area contributed by atoms with Crippen LogP contribution in [0, 0.1) is 5.92 Å². The highest BCUT2D eigenvalue weighted by molar-refractivity contribution is 14.0. The normalized spacial score (nSPS) is 16.0. The Hall–Kier alpha value is -1.22. The van der Waals surface area contributed by atoms with Crippen LogP contribution in [0.2, 0.25) is 0 Å². The maximum absolute atomic E-state index is 5.98. The van der Waals surface area contributed by atoms with Gasteiger partial charge >= 0.3 is 0 Å². The molecule has 26 heavy (non-hydrogen) atoms. The maximum atomic E-state index is 5.98. The minimum atomic E-state index is 0. The van der Waals surface area contributed by atoms with Gasteiger partial charge in [-0.2, -0.15) is 0 Å². The van der Waals surface area contributed by atoms with Gasteiger partial charge in [0, 0.05) is 6.54 Å². The highest BCUT2D eigenvalue weighted by Gasteiger charge is 2.17. The summed E-state index contributed by atoms with van der Waals surface area (Å²) in [6.07, 6.45) is 3.74. The molecule has 0 bridgehead atoms. The van der Waals surface area contributed by atoms with Crippen molar-refractivity contribution < 1.29 is 9.47 Å². The topological polar surface area (TPSA) is 72.1 Å². The van der Waals surface area contributed by atoms with E-state index < -0.39 is 0 Å². The lowest BCUT2D eigenvalue weighted by atomic mass is 9.93. The number of nitrogens with zero attached hydrogens (tertiary/aromatic N) is 2. The van der Waals surface area contributed by atoms with Crippen LogP contribution in [0.15, 0.2) is 23.2 Å². The molecule has 0 radical (unpaired) electrons. The average Bonchev–Trinajstić information content (AvgIpc) is 2.66. The second kappa shape index (κ2) is 12.2. The van der Waals surface area contributed by atoms with E-state index in [9.17, 15) is 0 Å². The number of guanidine groups is 1. The van der Waals surface area contributed by atoms with E-state index in [-0.39, 0.29) is 24.0 Å². The molecule has 1 saturated heterocycles. The first-order valence-corrected chi connectivity index (χ1v) is 9.13. The Labute approximate surface area is 174 Å². The Bertz CT molecular complexity index is 560. The third kappa shape index (κ3) is 7.19. The molecular formula is C19H33IN4O2. The molecule has 1 fully saturated rings. The number of benzene rings is 1. The lowest BCUT2D eigenvalue weighted by Gasteiger charge is -2.31. The van der Waals surface area contributed by atoms with Crippen molar-refractivity contribution in [1.29, 1.82) is 0 Å². The minimum Gasteiger partial charge on any atom is -0.493 e. The van der Waals surface area contributed by atoms with Crippen molar-refractivity contribution in [2.75, 3.05) is 40.4 Å². The summed E-state index contributed by atoms with van der Waals surface area (Å²) in [5.41, 5.74) is 7.02. The fourth-order valence-corrected chi connectivity index (χ4v) is 3.21. The summed E-state index contributed by atoms with van der Waals surface area (Å²) in [5, 5.41) is 3.23. The molecule has 0 amide bonds. The van der Waals surface area contributed by atoms with E-state index in [0.717, 1.165) is 30.2 Å². The Morgan fingerprint density at radius 3 is 2.54 bits per heavy atom. The van der Waals surface area contributed by atoms with E-state index in [1.807, 2.05) is 18.2 Å². The van der Waals surface area contributed by atoms with E-state index >= 15 is 0 Å². The molecule has 0 aromatic heterocycles. The monoisotopic (exact) mass is 476 g/mol. The quantitative estimate of drug-likeness (QED) is 0.343. The molecule has 0 saturated carbocycles. The molecule has 0 unspecified atom stereocenters. The zero-order chi connectivity index (χ0) is 18.1. The fourth-order valence-electron chi connectivity index (χ4n) is 3.21. The van der Waals surface area contributed by atoms with Crippen molar-refractivity contribution in [3.05, 3.63) is 23.8 Å². The molecule has 2 rings (SSSR count). The van der Waals surface area contributed by atoms with Gasteiger partial charge in [0.1, 0.15) is 0 Å². The first kappa shape index (κ1) is 22.8. The van der Waals surface area contributed by atoms with Crippen molar-refractivity contribution >= 4 is 29.9 Å². The number of ether oxygens (including phenoxy) is 2. The first-order chi connectivity index (χ1) is 12.2. The molecule has 3 N–H and O–H groups in total. The number of rotatable bonds is 8. The number of halogens is 1. The minimum absolute atomic E-state index is 0. The van der Waals surface area contributed by atoms with Gasteiger partial charge in [0.15, 0.2) is 17.5 Å². The number of hydrogen-bond acceptors (Lipinski definition) is 4. The SMILES string of the molecule is CCN1CCC(CCNC(N)=NCc2ccc(OC)c(OC)c2)CC1.I. The number of nitrogens with two attached hydrogens (primary N) is 1. The molecule has 0 atom stereocenters. The van der Waals surface area contributed by atoms with Crippen LogP contribution in [0.5, 0.6) is 11.5 Å². The molecule has 148 valence electrons. The van der Waals surface area contributed by atoms with Crippen molar-refractivity contribution in [1.82, 2.24) is 10.2 Å². The van der Waals surface area contributed by atoms with Gasteiger partial charge in [0.25, 0.3) is 0 Å². The van der Waals surface area contributed by atoms with Crippen LogP contribution >= 0.6 is 24.0 Å². The molecule has 6 nitrogen and oxygen atoms in total. The summed E-state index contributed by atoms with van der Waals surface area (Å²) in [6, 6.07) is 5.78. The summed E-state index contributed by atoms with van der Waals surface area (Å²) in [6.45, 7) is 7.26. The summed E-state index contributed by atoms with van der Waals surface area (Å²) < 4.78 is 10.5. The number of piperidine rings is 1. The zero-order valence-electron chi connectivity index (χ0n) is 16.2. The third-order valence-electron chi connectivity index (χ3n) is 4.89. The van der Waals surface area contributed by atoms with E-state index in [4.69, 9.17) is 15.2 Å². The van der Waals surface area contributed by atoms with Crippen LogP contribution in [0.1, 0.15) is 31.7 Å². The van der Waals surface area contributed by atoms with E-state index in [2.05, 4.69) is 22.1 Å². The maximum Gasteiger partial charge on any atom is 0.188 e. The summed E-state index contributed by atoms with van der Waals surface area (Å²) in [5.74, 6) is 2.73. The van der Waals surface area contributed by atoms with Gasteiger partial charge in [-0.25, -0.2) is 4.99 Å². The molecule has 1 aromatic rings. The van der Waals surface area contributed by atoms with Crippen LogP contribution in [0.25, 0.3) is 0 Å². The van der Waals surface area contributed by atoms with Crippen molar-refractivity contribution in [3.63, 3.8) is 0 Å². The number of methoxy groups -OCH3 is 2. The van der Waals surface area contributed by atoms with Crippen LogP contribution in [0.3, 0.4) is 0 Å². The molecule has 7 heteroatoms. The second-order valence-corrected chi connectivity index (χ2v) is 6.48. The Morgan fingerprint density at radius 1 is 1.23 bits per heavy atom. The molecule has 1 aromatic carbocycles. The van der Waals surface area contributed by atoms with Gasteiger partial charge < -0.3 is 25.4 Å². The summed E-state index contributed by atoms with van der Waals surface area (Å²) in [4.78, 5) is 6.93. The van der Waals surface area contributed by atoms with E-state index in [1.165, 1.54) is 32.5 Å². The van der Waals surface area contributed by atoms with Crippen molar-refractivity contribution in [2.45, 2.75) is 32.7 Å². The Kier molecular flexibility index (Phi) is 10.7. The molecule has 1 aliphatic heterocycles. The van der Waals surface area contributed by atoms with Crippen molar-refractivity contribution in [2.24, 2.45) is 16.6 Å². The van der Waals surface area contributed by atoms with Crippen LogP contribution in [-0.2, 0) is 6.54 Å². The summed E-state index contributed by atoms with van der Waals surface area (Å²) in [7, 11) is 3.26. The number of nitrogens with one attached hydrogen (secondary N) is 1. The largest absolute Gasteiger partial charge is 0.493 e.